The highest BCUT2D eigenvalue weighted by Gasteiger charge is 2.23. The van der Waals surface area contributed by atoms with Gasteiger partial charge in [0.2, 0.25) is 0 Å². The van der Waals surface area contributed by atoms with Crippen molar-refractivity contribution < 1.29 is 8.39 Å². The van der Waals surface area contributed by atoms with E-state index in [0.29, 0.717) is 18.4 Å². The maximum absolute atomic E-state index is 10.7. The Morgan fingerprint density at radius 3 is 2.69 bits per heavy atom. The third-order valence-electron chi connectivity index (χ3n) is 2.73. The van der Waals surface area contributed by atoms with Crippen LogP contribution in [-0.4, -0.2) is 17.1 Å². The van der Waals surface area contributed by atoms with Crippen LogP contribution in [0.2, 0.25) is 0 Å². The molecule has 1 aliphatic rings. The van der Waals surface area contributed by atoms with Gasteiger partial charge in [0.05, 0.1) is 6.61 Å². The Kier molecular flexibility index (Phi) is 4.67. The van der Waals surface area contributed by atoms with Crippen molar-refractivity contribution in [3.63, 3.8) is 0 Å². The van der Waals surface area contributed by atoms with Crippen LogP contribution in [0.3, 0.4) is 0 Å². The predicted molar refractivity (Wildman–Crippen MR) is 55.7 cm³/mol. The average Bonchev–Trinajstić information content (AvgIpc) is 2.58. The van der Waals surface area contributed by atoms with E-state index in [9.17, 15) is 4.21 Å². The lowest BCUT2D eigenvalue weighted by atomic mass is 9.92. The Balaban J connectivity index is 2.32. The second-order valence-electron chi connectivity index (χ2n) is 3.63. The van der Waals surface area contributed by atoms with Crippen molar-refractivity contribution in [3.8, 4) is 0 Å². The highest BCUT2D eigenvalue weighted by Crippen LogP contribution is 2.32. The zero-order valence-electron chi connectivity index (χ0n) is 8.20. The van der Waals surface area contributed by atoms with Gasteiger partial charge in [-0.05, 0) is 18.8 Å². The highest BCUT2D eigenvalue weighted by atomic mass is 32.2. The van der Waals surface area contributed by atoms with Gasteiger partial charge in [-0.3, -0.25) is 4.18 Å². The maximum atomic E-state index is 10.7. The third kappa shape index (κ3) is 3.61. The quantitative estimate of drug-likeness (QED) is 0.639. The van der Waals surface area contributed by atoms with E-state index in [0.717, 1.165) is 0 Å². The van der Waals surface area contributed by atoms with Crippen molar-refractivity contribution in [1.29, 1.82) is 0 Å². The van der Waals surface area contributed by atoms with Gasteiger partial charge in [0, 0.05) is 12.2 Å². The summed E-state index contributed by atoms with van der Waals surface area (Å²) >= 11 is -1.14. The molecule has 0 spiro atoms. The predicted octanol–water partition coefficient (Wildman–Crippen LogP) is 2.29. The van der Waals surface area contributed by atoms with Gasteiger partial charge in [0.15, 0.2) is 11.1 Å². The summed E-state index contributed by atoms with van der Waals surface area (Å²) < 4.78 is 15.8. The van der Waals surface area contributed by atoms with Crippen LogP contribution in [0.5, 0.6) is 0 Å². The summed E-state index contributed by atoms with van der Waals surface area (Å²) in [5, 5.41) is 0. The monoisotopic (exact) mass is 202 g/mol. The molecular weight excluding hydrogens is 184 g/mol. The molecule has 0 bridgehead atoms. The first-order valence-corrected chi connectivity index (χ1v) is 6.31. The van der Waals surface area contributed by atoms with Crippen LogP contribution < -0.4 is 0 Å². The van der Waals surface area contributed by atoms with Gasteiger partial charge in [-0.2, -0.15) is 0 Å². The van der Waals surface area contributed by atoms with E-state index >= 15 is 0 Å². The van der Waals surface area contributed by atoms with E-state index in [1.165, 1.54) is 25.7 Å². The molecule has 1 saturated carbocycles. The molecule has 0 aromatic rings. The second kappa shape index (κ2) is 5.55. The first-order chi connectivity index (χ1) is 6.24. The molecular formula is C10H18O2S. The van der Waals surface area contributed by atoms with Gasteiger partial charge in [-0.1, -0.05) is 18.9 Å². The molecule has 0 amide bonds. The zero-order chi connectivity index (χ0) is 9.68. The van der Waals surface area contributed by atoms with E-state index in [1.54, 1.807) is 6.26 Å². The number of hydrogen-bond acceptors (Lipinski definition) is 2. The van der Waals surface area contributed by atoms with Crippen molar-refractivity contribution in [2.75, 3.05) is 12.9 Å². The Morgan fingerprint density at radius 1 is 1.62 bits per heavy atom. The van der Waals surface area contributed by atoms with Crippen molar-refractivity contribution in [2.24, 2.45) is 11.8 Å². The largest absolute Gasteiger partial charge is 0.290 e. The van der Waals surface area contributed by atoms with Crippen LogP contribution in [0.1, 0.15) is 25.7 Å². The first kappa shape index (κ1) is 10.9. The van der Waals surface area contributed by atoms with Gasteiger partial charge in [-0.15, -0.1) is 6.58 Å². The normalized spacial score (nSPS) is 22.8. The van der Waals surface area contributed by atoms with Gasteiger partial charge < -0.3 is 0 Å². The van der Waals surface area contributed by atoms with Crippen molar-refractivity contribution >= 4 is 11.1 Å². The van der Waals surface area contributed by atoms with Crippen LogP contribution in [-0.2, 0) is 15.3 Å². The topological polar surface area (TPSA) is 26.3 Å². The molecule has 2 atom stereocenters. The maximum Gasteiger partial charge on any atom is 0.152 e. The van der Waals surface area contributed by atoms with E-state index < -0.39 is 11.1 Å². The molecule has 1 aliphatic carbocycles. The summed E-state index contributed by atoms with van der Waals surface area (Å²) in [5.74, 6) is 1.10. The summed E-state index contributed by atoms with van der Waals surface area (Å²) in [6.45, 7) is 4.37. The molecule has 3 heteroatoms. The fourth-order valence-electron chi connectivity index (χ4n) is 1.96. The van der Waals surface area contributed by atoms with Crippen LogP contribution in [0.25, 0.3) is 0 Å². The van der Waals surface area contributed by atoms with Gasteiger partial charge in [0.1, 0.15) is 0 Å². The summed E-state index contributed by atoms with van der Waals surface area (Å²) in [6, 6.07) is 0. The minimum absolute atomic E-state index is 0.395. The van der Waals surface area contributed by atoms with Crippen LogP contribution in [0.4, 0.5) is 0 Å². The van der Waals surface area contributed by atoms with Gasteiger partial charge >= 0.3 is 0 Å². The molecule has 2 unspecified atom stereocenters. The number of hydrogen-bond donors (Lipinski definition) is 0. The van der Waals surface area contributed by atoms with Gasteiger partial charge in [0.25, 0.3) is 0 Å². The van der Waals surface area contributed by atoms with Gasteiger partial charge in [-0.25, -0.2) is 4.21 Å². The standard InChI is InChI=1S/C10H18O2S/c1-3-9(8-12-13(2)11)10-6-4-5-7-10/h3,9-10H,1,4-8H2,2H3. The SMILES string of the molecule is C=CC(COS(C)=O)C1CCCC1. The molecule has 0 aromatic carbocycles. The zero-order valence-corrected chi connectivity index (χ0v) is 9.02. The molecule has 0 radical (unpaired) electrons. The molecule has 13 heavy (non-hydrogen) atoms. The Morgan fingerprint density at radius 2 is 2.23 bits per heavy atom. The Labute approximate surface area is 83.0 Å². The lowest BCUT2D eigenvalue weighted by Gasteiger charge is -2.18. The summed E-state index contributed by atoms with van der Waals surface area (Å²) in [6.07, 6.45) is 8.71. The lowest BCUT2D eigenvalue weighted by molar-refractivity contribution is 0.249. The smallest absolute Gasteiger partial charge is 0.152 e. The third-order valence-corrected chi connectivity index (χ3v) is 3.20. The van der Waals surface area contributed by atoms with Crippen molar-refractivity contribution in [2.45, 2.75) is 25.7 Å². The first-order valence-electron chi connectivity index (χ1n) is 4.83. The van der Waals surface area contributed by atoms with Crippen molar-refractivity contribution in [3.05, 3.63) is 12.7 Å². The fraction of sp³-hybridized carbons (Fsp3) is 0.800. The molecule has 76 valence electrons. The molecule has 1 fully saturated rings. The van der Waals surface area contributed by atoms with E-state index in [1.807, 2.05) is 6.08 Å². The van der Waals surface area contributed by atoms with Crippen molar-refractivity contribution in [1.82, 2.24) is 0 Å². The Bertz CT molecular complexity index is 185. The molecule has 0 aromatic heterocycles. The fourth-order valence-corrected chi connectivity index (χ4v) is 2.31. The summed E-state index contributed by atoms with van der Waals surface area (Å²) in [5.41, 5.74) is 0. The van der Waals surface area contributed by atoms with E-state index in [4.69, 9.17) is 4.18 Å². The minimum atomic E-state index is -1.14. The number of rotatable bonds is 5. The minimum Gasteiger partial charge on any atom is -0.290 e. The summed E-state index contributed by atoms with van der Waals surface area (Å²) in [4.78, 5) is 0. The molecule has 0 saturated heterocycles. The molecule has 2 nitrogen and oxygen atoms in total. The molecule has 1 rings (SSSR count). The summed E-state index contributed by atoms with van der Waals surface area (Å²) in [7, 11) is 0. The molecule has 0 heterocycles. The van der Waals surface area contributed by atoms with Crippen LogP contribution in [0.15, 0.2) is 12.7 Å². The highest BCUT2D eigenvalue weighted by molar-refractivity contribution is 7.79. The molecule has 0 aliphatic heterocycles. The van der Waals surface area contributed by atoms with Crippen LogP contribution >= 0.6 is 0 Å². The van der Waals surface area contributed by atoms with Crippen LogP contribution in [0, 0.1) is 11.8 Å². The second-order valence-corrected chi connectivity index (χ2v) is 4.67. The van der Waals surface area contributed by atoms with E-state index in [-0.39, 0.29) is 0 Å². The van der Waals surface area contributed by atoms with E-state index in [2.05, 4.69) is 6.58 Å². The molecule has 0 N–H and O–H groups in total. The average molecular weight is 202 g/mol. The lowest BCUT2D eigenvalue weighted by Crippen LogP contribution is -2.16. The Hall–Kier alpha value is -0.150.